The Morgan fingerprint density at radius 1 is 1.10 bits per heavy atom. The van der Waals surface area contributed by atoms with Gasteiger partial charge in [0.1, 0.15) is 24.6 Å². The summed E-state index contributed by atoms with van der Waals surface area (Å²) < 4.78 is 5.59. The average Bonchev–Trinajstić information content (AvgIpc) is 3.09. The zero-order valence-electron chi connectivity index (χ0n) is 16.4. The highest BCUT2D eigenvalue weighted by Gasteiger charge is 2.40. The molecule has 0 spiro atoms. The highest BCUT2D eigenvalue weighted by Crippen LogP contribution is 2.45. The second-order valence-electron chi connectivity index (χ2n) is 7.98. The fourth-order valence-corrected chi connectivity index (χ4v) is 4.23. The van der Waals surface area contributed by atoms with E-state index in [0.29, 0.717) is 26.9 Å². The molecule has 2 aromatic carbocycles. The van der Waals surface area contributed by atoms with Crippen LogP contribution in [0.2, 0.25) is 10.0 Å². The second kappa shape index (κ2) is 7.55. The first-order valence-corrected chi connectivity index (χ1v) is 10.2. The molecule has 2 atom stereocenters. The standard InChI is InChI=1S/C22H21Cl2NO5/c1-22(2)13-5-10(30-9-18(28)17(27)8-26)3-4-11(13)20(29)19-12-6-14(23)15(24)7-16(12)25-21(19)22/h3-7,17-18,25-28H,8-9H2,1-2H3/t17-,18?/m1/s1. The molecule has 1 aromatic heterocycles. The van der Waals surface area contributed by atoms with E-state index in [9.17, 15) is 15.0 Å². The first-order valence-electron chi connectivity index (χ1n) is 9.45. The van der Waals surface area contributed by atoms with E-state index in [2.05, 4.69) is 4.98 Å². The molecule has 30 heavy (non-hydrogen) atoms. The van der Waals surface area contributed by atoms with E-state index in [0.717, 1.165) is 22.2 Å². The molecule has 3 aromatic rings. The van der Waals surface area contributed by atoms with Crippen molar-refractivity contribution >= 4 is 39.9 Å². The van der Waals surface area contributed by atoms with Gasteiger partial charge in [0.05, 0.1) is 22.2 Å². The van der Waals surface area contributed by atoms with Gasteiger partial charge in [-0.3, -0.25) is 4.79 Å². The Morgan fingerprint density at radius 3 is 2.50 bits per heavy atom. The molecule has 0 aliphatic heterocycles. The minimum atomic E-state index is -1.28. The Hall–Kier alpha value is -2.09. The number of carbonyl (C=O) groups is 1. The van der Waals surface area contributed by atoms with Crippen molar-refractivity contribution in [2.24, 2.45) is 0 Å². The maximum Gasteiger partial charge on any atom is 0.195 e. The summed E-state index contributed by atoms with van der Waals surface area (Å²) in [6.07, 6.45) is -2.51. The number of fused-ring (bicyclic) bond motifs is 4. The molecule has 1 aliphatic carbocycles. The molecule has 0 bridgehead atoms. The number of hydrogen-bond donors (Lipinski definition) is 4. The first-order chi connectivity index (χ1) is 14.1. The number of aliphatic hydroxyl groups excluding tert-OH is 3. The molecular formula is C22H21Cl2NO5. The van der Waals surface area contributed by atoms with Gasteiger partial charge in [0.15, 0.2) is 5.78 Å². The smallest absolute Gasteiger partial charge is 0.195 e. The molecule has 0 amide bonds. The number of benzene rings is 2. The highest BCUT2D eigenvalue weighted by molar-refractivity contribution is 6.43. The normalized spacial score (nSPS) is 16.8. The maximum absolute atomic E-state index is 13.3. The van der Waals surface area contributed by atoms with Gasteiger partial charge in [0.2, 0.25) is 0 Å². The van der Waals surface area contributed by atoms with Crippen molar-refractivity contribution in [1.82, 2.24) is 4.98 Å². The summed E-state index contributed by atoms with van der Waals surface area (Å²) in [5, 5.41) is 29.7. The van der Waals surface area contributed by atoms with Gasteiger partial charge in [-0.1, -0.05) is 37.0 Å². The third-order valence-electron chi connectivity index (χ3n) is 5.65. The SMILES string of the molecule is CC1(C)c2cc(OCC(O)[C@H](O)CO)ccc2C(=O)c2c1[nH]c1cc(Cl)c(Cl)cc21. The van der Waals surface area contributed by atoms with E-state index in [1.54, 1.807) is 30.3 Å². The monoisotopic (exact) mass is 449 g/mol. The zero-order valence-corrected chi connectivity index (χ0v) is 17.9. The summed E-state index contributed by atoms with van der Waals surface area (Å²) in [5.41, 5.74) is 2.87. The Labute approximate surface area is 183 Å². The van der Waals surface area contributed by atoms with Gasteiger partial charge in [0, 0.05) is 27.6 Å². The average molecular weight is 450 g/mol. The van der Waals surface area contributed by atoms with Crippen LogP contribution in [0.25, 0.3) is 10.9 Å². The lowest BCUT2D eigenvalue weighted by Gasteiger charge is -2.32. The minimum Gasteiger partial charge on any atom is -0.491 e. The molecule has 0 saturated carbocycles. The Balaban J connectivity index is 1.76. The fourth-order valence-electron chi connectivity index (χ4n) is 3.91. The Kier molecular flexibility index (Phi) is 5.33. The number of H-pyrrole nitrogens is 1. The predicted octanol–water partition coefficient (Wildman–Crippen LogP) is 3.44. The third-order valence-corrected chi connectivity index (χ3v) is 6.37. The van der Waals surface area contributed by atoms with Crippen molar-refractivity contribution in [1.29, 1.82) is 0 Å². The lowest BCUT2D eigenvalue weighted by Crippen LogP contribution is -2.34. The van der Waals surface area contributed by atoms with E-state index in [4.69, 9.17) is 33.0 Å². The van der Waals surface area contributed by atoms with E-state index in [1.807, 2.05) is 13.8 Å². The van der Waals surface area contributed by atoms with Crippen LogP contribution < -0.4 is 4.74 Å². The van der Waals surface area contributed by atoms with Gasteiger partial charge in [0.25, 0.3) is 0 Å². The molecule has 0 fully saturated rings. The molecule has 1 heterocycles. The summed E-state index contributed by atoms with van der Waals surface area (Å²) in [4.78, 5) is 16.7. The van der Waals surface area contributed by atoms with Crippen molar-refractivity contribution in [3.05, 3.63) is 62.8 Å². The van der Waals surface area contributed by atoms with Crippen LogP contribution in [-0.2, 0) is 5.41 Å². The summed E-state index contributed by atoms with van der Waals surface area (Å²) in [5.74, 6) is 0.329. The number of nitrogens with one attached hydrogen (secondary N) is 1. The van der Waals surface area contributed by atoms with Gasteiger partial charge in [-0.25, -0.2) is 0 Å². The van der Waals surface area contributed by atoms with Gasteiger partial charge >= 0.3 is 0 Å². The molecule has 4 rings (SSSR count). The van der Waals surface area contributed by atoms with Crippen LogP contribution in [0, 0.1) is 0 Å². The van der Waals surface area contributed by atoms with Gasteiger partial charge in [-0.15, -0.1) is 0 Å². The lowest BCUT2D eigenvalue weighted by atomic mass is 9.71. The minimum absolute atomic E-state index is 0.119. The molecule has 1 unspecified atom stereocenters. The van der Waals surface area contributed by atoms with Crippen LogP contribution in [0.1, 0.15) is 41.0 Å². The predicted molar refractivity (Wildman–Crippen MR) is 115 cm³/mol. The van der Waals surface area contributed by atoms with Crippen LogP contribution in [0.3, 0.4) is 0 Å². The number of halogens is 2. The number of aliphatic hydroxyl groups is 3. The quantitative estimate of drug-likeness (QED) is 0.477. The van der Waals surface area contributed by atoms with E-state index in [1.165, 1.54) is 0 Å². The summed E-state index contributed by atoms with van der Waals surface area (Å²) in [6.45, 7) is 3.25. The van der Waals surface area contributed by atoms with E-state index >= 15 is 0 Å². The molecule has 0 saturated heterocycles. The van der Waals surface area contributed by atoms with Gasteiger partial charge in [-0.05, 0) is 35.9 Å². The van der Waals surface area contributed by atoms with Crippen LogP contribution in [0.4, 0.5) is 0 Å². The number of ether oxygens (including phenoxy) is 1. The molecular weight excluding hydrogens is 429 g/mol. The van der Waals surface area contributed by atoms with Crippen molar-refractivity contribution in [2.75, 3.05) is 13.2 Å². The summed E-state index contributed by atoms with van der Waals surface area (Å²) >= 11 is 12.3. The summed E-state index contributed by atoms with van der Waals surface area (Å²) in [6, 6.07) is 8.53. The number of aromatic nitrogens is 1. The first kappa shape index (κ1) is 21.2. The van der Waals surface area contributed by atoms with Crippen LogP contribution in [0.5, 0.6) is 5.75 Å². The Bertz CT molecular complexity index is 1150. The van der Waals surface area contributed by atoms with Crippen LogP contribution in [0.15, 0.2) is 30.3 Å². The van der Waals surface area contributed by atoms with Crippen molar-refractivity contribution in [3.8, 4) is 5.75 Å². The number of aromatic amines is 1. The summed E-state index contributed by atoms with van der Waals surface area (Å²) in [7, 11) is 0. The molecule has 1 aliphatic rings. The molecule has 158 valence electrons. The fraction of sp³-hybridized carbons (Fsp3) is 0.318. The Morgan fingerprint density at radius 2 is 1.80 bits per heavy atom. The largest absolute Gasteiger partial charge is 0.491 e. The van der Waals surface area contributed by atoms with Crippen molar-refractivity contribution in [3.63, 3.8) is 0 Å². The molecule has 6 nitrogen and oxygen atoms in total. The lowest BCUT2D eigenvalue weighted by molar-refractivity contribution is -0.0339. The third kappa shape index (κ3) is 3.29. The number of rotatable bonds is 5. The van der Waals surface area contributed by atoms with Crippen LogP contribution in [-0.4, -0.2) is 51.5 Å². The zero-order chi connectivity index (χ0) is 21.8. The second-order valence-corrected chi connectivity index (χ2v) is 8.79. The topological polar surface area (TPSA) is 103 Å². The number of carbonyl (C=O) groups excluding carboxylic acids is 1. The van der Waals surface area contributed by atoms with Crippen LogP contribution >= 0.6 is 23.2 Å². The van der Waals surface area contributed by atoms with E-state index < -0.39 is 24.2 Å². The molecule has 8 heteroatoms. The van der Waals surface area contributed by atoms with Gasteiger partial charge < -0.3 is 25.0 Å². The van der Waals surface area contributed by atoms with Crippen molar-refractivity contribution in [2.45, 2.75) is 31.5 Å². The molecule has 4 N–H and O–H groups in total. The van der Waals surface area contributed by atoms with Gasteiger partial charge in [-0.2, -0.15) is 0 Å². The molecule has 0 radical (unpaired) electrons. The number of hydrogen-bond acceptors (Lipinski definition) is 5. The highest BCUT2D eigenvalue weighted by atomic mass is 35.5. The van der Waals surface area contributed by atoms with Crippen molar-refractivity contribution < 1.29 is 24.9 Å². The maximum atomic E-state index is 13.3. The van der Waals surface area contributed by atoms with E-state index in [-0.39, 0.29) is 12.4 Å². The number of ketones is 1.